The Morgan fingerprint density at radius 2 is 1.91 bits per heavy atom. The number of thioether (sulfide) groups is 1. The summed E-state index contributed by atoms with van der Waals surface area (Å²) in [7, 11) is 0. The van der Waals surface area contributed by atoms with Gasteiger partial charge >= 0.3 is 6.18 Å². The van der Waals surface area contributed by atoms with E-state index >= 15 is 0 Å². The molecule has 0 spiro atoms. The molecule has 1 saturated heterocycles. The minimum atomic E-state index is -4.46. The van der Waals surface area contributed by atoms with Crippen LogP contribution >= 0.6 is 35.5 Å². The standard InChI is InChI=1S/C21H18F3N3O2S2.ClH/c22-21(23,24)14-2-3-17-16(10-14)26-20(29)18(31-17)11-15-9-13(12-30-15)1-4-19(28)27-7-5-25-6-8-27;/h1-4,9-12,25H,5-8H2,(H,26,29);1H/b4-1+,18-11?;. The van der Waals surface area contributed by atoms with E-state index in [0.29, 0.717) is 22.9 Å². The van der Waals surface area contributed by atoms with Gasteiger partial charge < -0.3 is 15.5 Å². The molecule has 1 aromatic heterocycles. The van der Waals surface area contributed by atoms with Crippen molar-refractivity contribution >= 4 is 65.2 Å². The van der Waals surface area contributed by atoms with Crippen molar-refractivity contribution in [2.45, 2.75) is 11.1 Å². The molecule has 1 fully saturated rings. The zero-order valence-electron chi connectivity index (χ0n) is 16.6. The molecule has 0 saturated carbocycles. The number of halogens is 4. The van der Waals surface area contributed by atoms with Crippen LogP contribution in [0.2, 0.25) is 0 Å². The van der Waals surface area contributed by atoms with E-state index in [-0.39, 0.29) is 24.0 Å². The number of amides is 2. The maximum absolute atomic E-state index is 12.9. The summed E-state index contributed by atoms with van der Waals surface area (Å²) in [5.41, 5.74) is 0.199. The van der Waals surface area contributed by atoms with E-state index in [9.17, 15) is 22.8 Å². The SMILES string of the molecule is Cl.O=C1Nc2cc(C(F)(F)F)ccc2SC1=Cc1cc(/C=C/C(=O)N2CCNCC2)cs1. The molecule has 2 amide bonds. The molecule has 0 atom stereocenters. The number of rotatable bonds is 3. The zero-order valence-corrected chi connectivity index (χ0v) is 19.0. The number of benzene rings is 1. The highest BCUT2D eigenvalue weighted by Crippen LogP contribution is 2.42. The lowest BCUT2D eigenvalue weighted by Gasteiger charge is -2.26. The van der Waals surface area contributed by atoms with Crippen molar-refractivity contribution in [3.05, 3.63) is 56.6 Å². The highest BCUT2D eigenvalue weighted by molar-refractivity contribution is 8.04. The van der Waals surface area contributed by atoms with Crippen molar-refractivity contribution in [1.29, 1.82) is 0 Å². The number of thiophene rings is 1. The van der Waals surface area contributed by atoms with Crippen molar-refractivity contribution in [2.24, 2.45) is 0 Å². The van der Waals surface area contributed by atoms with E-state index in [1.807, 2.05) is 11.4 Å². The second kappa shape index (κ2) is 10.1. The van der Waals surface area contributed by atoms with Crippen LogP contribution in [0, 0.1) is 0 Å². The van der Waals surface area contributed by atoms with Gasteiger partial charge in [-0.1, -0.05) is 11.8 Å². The van der Waals surface area contributed by atoms with Crippen LogP contribution in [0.3, 0.4) is 0 Å². The number of carbonyl (C=O) groups excluding carboxylic acids is 2. The Labute approximate surface area is 197 Å². The molecule has 2 N–H and O–H groups in total. The van der Waals surface area contributed by atoms with Gasteiger partial charge in [0.05, 0.1) is 16.2 Å². The predicted molar refractivity (Wildman–Crippen MR) is 124 cm³/mol. The summed E-state index contributed by atoms with van der Waals surface area (Å²) in [6.07, 6.45) is 0.514. The van der Waals surface area contributed by atoms with Crippen LogP contribution in [-0.2, 0) is 15.8 Å². The molecule has 5 nitrogen and oxygen atoms in total. The Morgan fingerprint density at radius 1 is 1.16 bits per heavy atom. The second-order valence-corrected chi connectivity index (χ2v) is 8.99. The zero-order chi connectivity index (χ0) is 22.0. The van der Waals surface area contributed by atoms with Crippen molar-refractivity contribution < 1.29 is 22.8 Å². The molecule has 0 aliphatic carbocycles. The van der Waals surface area contributed by atoms with Gasteiger partial charge in [-0.25, -0.2) is 0 Å². The fourth-order valence-electron chi connectivity index (χ4n) is 3.16. The number of nitrogens with one attached hydrogen (secondary N) is 2. The van der Waals surface area contributed by atoms with E-state index in [0.717, 1.165) is 47.4 Å². The summed E-state index contributed by atoms with van der Waals surface area (Å²) < 4.78 is 38.6. The summed E-state index contributed by atoms with van der Waals surface area (Å²) >= 11 is 2.54. The van der Waals surface area contributed by atoms with Crippen molar-refractivity contribution in [1.82, 2.24) is 10.2 Å². The molecule has 3 heterocycles. The summed E-state index contributed by atoms with van der Waals surface area (Å²) in [6, 6.07) is 5.17. The number of piperazine rings is 1. The largest absolute Gasteiger partial charge is 0.416 e. The van der Waals surface area contributed by atoms with Gasteiger partial charge in [0.25, 0.3) is 5.91 Å². The molecule has 0 bridgehead atoms. The minimum absolute atomic E-state index is 0. The molecule has 0 unspecified atom stereocenters. The second-order valence-electron chi connectivity index (χ2n) is 6.96. The number of carbonyl (C=O) groups is 2. The van der Waals surface area contributed by atoms with E-state index < -0.39 is 17.6 Å². The van der Waals surface area contributed by atoms with E-state index in [2.05, 4.69) is 10.6 Å². The number of hydrogen-bond acceptors (Lipinski definition) is 5. The number of alkyl halides is 3. The van der Waals surface area contributed by atoms with E-state index in [4.69, 9.17) is 0 Å². The fourth-order valence-corrected chi connectivity index (χ4v) is 4.96. The number of hydrogen-bond donors (Lipinski definition) is 2. The maximum atomic E-state index is 12.9. The molecular formula is C21H19ClF3N3O2S2. The monoisotopic (exact) mass is 501 g/mol. The van der Waals surface area contributed by atoms with Crippen LogP contribution in [0.4, 0.5) is 18.9 Å². The molecule has 2 aromatic rings. The topological polar surface area (TPSA) is 61.4 Å². The molecule has 2 aliphatic heterocycles. The molecule has 11 heteroatoms. The summed E-state index contributed by atoms with van der Waals surface area (Å²) in [5, 5.41) is 7.61. The molecule has 170 valence electrons. The van der Waals surface area contributed by atoms with Crippen LogP contribution in [0.15, 0.2) is 45.5 Å². The van der Waals surface area contributed by atoms with Crippen LogP contribution in [0.5, 0.6) is 0 Å². The first-order valence-electron chi connectivity index (χ1n) is 9.48. The van der Waals surface area contributed by atoms with Crippen molar-refractivity contribution in [2.75, 3.05) is 31.5 Å². The van der Waals surface area contributed by atoms with Crippen molar-refractivity contribution in [3.63, 3.8) is 0 Å². The first-order valence-corrected chi connectivity index (χ1v) is 11.2. The average Bonchev–Trinajstić information content (AvgIpc) is 3.19. The Kier molecular flexibility index (Phi) is 7.71. The summed E-state index contributed by atoms with van der Waals surface area (Å²) in [6.45, 7) is 2.94. The Hall–Kier alpha value is -2.27. The Balaban J connectivity index is 0.00000289. The van der Waals surface area contributed by atoms with Crippen molar-refractivity contribution in [3.8, 4) is 0 Å². The highest BCUT2D eigenvalue weighted by atomic mass is 35.5. The third kappa shape index (κ3) is 5.74. The average molecular weight is 502 g/mol. The number of nitrogens with zero attached hydrogens (tertiary/aromatic N) is 1. The van der Waals surface area contributed by atoms with Gasteiger partial charge in [-0.3, -0.25) is 9.59 Å². The molecule has 32 heavy (non-hydrogen) atoms. The summed E-state index contributed by atoms with van der Waals surface area (Å²) in [5.74, 6) is -0.485. The van der Waals surface area contributed by atoms with Gasteiger partial charge in [0.15, 0.2) is 0 Å². The van der Waals surface area contributed by atoms with E-state index in [1.54, 1.807) is 23.1 Å². The first-order chi connectivity index (χ1) is 14.8. The molecule has 4 rings (SSSR count). The summed E-state index contributed by atoms with van der Waals surface area (Å²) in [4.78, 5) is 28.1. The first kappa shape index (κ1) is 24.4. The molecule has 2 aliphatic rings. The Bertz CT molecular complexity index is 1080. The lowest BCUT2D eigenvalue weighted by Crippen LogP contribution is -2.45. The molecule has 1 aromatic carbocycles. The fraction of sp³-hybridized carbons (Fsp3) is 0.238. The van der Waals surface area contributed by atoms with Gasteiger partial charge in [0.1, 0.15) is 0 Å². The van der Waals surface area contributed by atoms with Gasteiger partial charge in [-0.15, -0.1) is 23.7 Å². The number of fused-ring (bicyclic) bond motifs is 1. The number of anilines is 1. The van der Waals surface area contributed by atoms with Crippen LogP contribution in [0.1, 0.15) is 16.0 Å². The van der Waals surface area contributed by atoms with Gasteiger partial charge in [-0.2, -0.15) is 13.2 Å². The van der Waals surface area contributed by atoms with Gasteiger partial charge in [0, 0.05) is 42.0 Å². The maximum Gasteiger partial charge on any atom is 0.416 e. The lowest BCUT2D eigenvalue weighted by molar-refractivity contribution is -0.137. The third-order valence-corrected chi connectivity index (χ3v) is 6.76. The smallest absolute Gasteiger partial charge is 0.337 e. The van der Waals surface area contributed by atoms with Crippen LogP contribution < -0.4 is 10.6 Å². The third-order valence-electron chi connectivity index (χ3n) is 4.76. The quantitative estimate of drug-likeness (QED) is 0.597. The van der Waals surface area contributed by atoms with Crippen LogP contribution in [0.25, 0.3) is 12.2 Å². The van der Waals surface area contributed by atoms with Gasteiger partial charge in [-0.05, 0) is 47.4 Å². The minimum Gasteiger partial charge on any atom is -0.337 e. The van der Waals surface area contributed by atoms with E-state index in [1.165, 1.54) is 17.4 Å². The molecule has 0 radical (unpaired) electrons. The lowest BCUT2D eigenvalue weighted by atomic mass is 10.2. The normalized spacial score (nSPS) is 17.8. The Morgan fingerprint density at radius 3 is 2.62 bits per heavy atom. The van der Waals surface area contributed by atoms with Gasteiger partial charge in [0.2, 0.25) is 5.91 Å². The highest BCUT2D eigenvalue weighted by Gasteiger charge is 2.32. The van der Waals surface area contributed by atoms with Crippen LogP contribution in [-0.4, -0.2) is 42.9 Å². The predicted octanol–water partition coefficient (Wildman–Crippen LogP) is 4.72. The molecular weight excluding hydrogens is 483 g/mol.